The molecule has 0 aromatic heterocycles. The van der Waals surface area contributed by atoms with Crippen LogP contribution in [0, 0.1) is 0 Å². The van der Waals surface area contributed by atoms with Gasteiger partial charge in [0.15, 0.2) is 0 Å². The Morgan fingerprint density at radius 3 is 1.31 bits per heavy atom. The second-order valence-corrected chi connectivity index (χ2v) is 8.93. The molecule has 0 saturated heterocycles. The van der Waals surface area contributed by atoms with E-state index in [2.05, 4.69) is 116 Å². The normalized spacial score (nSPS) is 11.9. The molecule has 0 aliphatic carbocycles. The predicted octanol–water partition coefficient (Wildman–Crippen LogP) is 5.82. The molecule has 4 aromatic carbocycles. The molecule has 1 atom stereocenters. The van der Waals surface area contributed by atoms with Crippen LogP contribution in [-0.2, 0) is 0 Å². The number of rotatable bonds is 4. The maximum absolute atomic E-state index is 2.39. The van der Waals surface area contributed by atoms with Crippen LogP contribution in [0.1, 0.15) is 0 Å². The van der Waals surface area contributed by atoms with Gasteiger partial charge in [0.05, 0.1) is 25.2 Å². The lowest BCUT2D eigenvalue weighted by molar-refractivity contribution is 1.60. The summed E-state index contributed by atoms with van der Waals surface area (Å²) in [5, 5.41) is 2.89. The third-order valence-electron chi connectivity index (χ3n) is 4.79. The van der Waals surface area contributed by atoms with Crippen molar-refractivity contribution < 1.29 is 0 Å². The molecule has 1 heteroatoms. The van der Waals surface area contributed by atoms with E-state index in [-0.39, 0.29) is 0 Å². The van der Waals surface area contributed by atoms with Crippen molar-refractivity contribution in [1.29, 1.82) is 0 Å². The molecule has 0 spiro atoms. The minimum absolute atomic E-state index is 0.803. The summed E-state index contributed by atoms with van der Waals surface area (Å²) in [7, 11) is -0.803. The zero-order chi connectivity index (χ0) is 17.8. The molecular weight excluding hydrogens is 331 g/mol. The Hall–Kier alpha value is -2.69. The molecular formula is C25H22P+. The molecule has 0 saturated carbocycles. The zero-order valence-corrected chi connectivity index (χ0v) is 15.9. The van der Waals surface area contributed by atoms with E-state index in [0.29, 0.717) is 0 Å². The SMILES string of the molecule is C[PH+](c1ccccc1)c1cc(-c2ccccc2)cc(-c2ccccc2)c1. The minimum atomic E-state index is -0.803. The molecule has 4 rings (SSSR count). The quantitative estimate of drug-likeness (QED) is 0.406. The van der Waals surface area contributed by atoms with E-state index >= 15 is 0 Å². The highest BCUT2D eigenvalue weighted by Gasteiger charge is 2.18. The van der Waals surface area contributed by atoms with Gasteiger partial charge in [-0.1, -0.05) is 78.9 Å². The van der Waals surface area contributed by atoms with Crippen LogP contribution in [0.25, 0.3) is 22.3 Å². The first-order valence-corrected chi connectivity index (χ1v) is 11.0. The Bertz CT molecular complexity index is 919. The highest BCUT2D eigenvalue weighted by atomic mass is 31.1. The second-order valence-electron chi connectivity index (χ2n) is 6.52. The van der Waals surface area contributed by atoms with E-state index in [1.54, 1.807) is 0 Å². The first-order valence-electron chi connectivity index (χ1n) is 8.96. The Labute approximate surface area is 156 Å². The van der Waals surface area contributed by atoms with Crippen molar-refractivity contribution in [2.24, 2.45) is 0 Å². The summed E-state index contributed by atoms with van der Waals surface area (Å²) in [4.78, 5) is 0. The van der Waals surface area contributed by atoms with Crippen LogP contribution >= 0.6 is 7.92 Å². The summed E-state index contributed by atoms with van der Waals surface area (Å²) in [6.45, 7) is 2.39. The van der Waals surface area contributed by atoms with Crippen LogP contribution in [0.4, 0.5) is 0 Å². The standard InChI is InChI=1S/C25H21P/c1-26(24-15-9-4-10-16-24)25-18-22(20-11-5-2-6-12-20)17-23(19-25)21-13-7-3-8-14-21/h2-19H,1H3/p+1. The van der Waals surface area contributed by atoms with E-state index < -0.39 is 7.92 Å². The fourth-order valence-electron chi connectivity index (χ4n) is 3.29. The highest BCUT2D eigenvalue weighted by Crippen LogP contribution is 2.34. The van der Waals surface area contributed by atoms with Crippen molar-refractivity contribution in [2.45, 2.75) is 0 Å². The molecule has 0 bridgehead atoms. The smallest absolute Gasteiger partial charge is 0.0622 e. The van der Waals surface area contributed by atoms with Crippen molar-refractivity contribution in [3.05, 3.63) is 109 Å². The van der Waals surface area contributed by atoms with E-state index in [0.717, 1.165) is 0 Å². The Morgan fingerprint density at radius 1 is 0.423 bits per heavy atom. The second kappa shape index (κ2) is 7.68. The fraction of sp³-hybridized carbons (Fsp3) is 0.0400. The molecule has 0 N–H and O–H groups in total. The van der Waals surface area contributed by atoms with Gasteiger partial charge in [-0.25, -0.2) is 0 Å². The molecule has 0 nitrogen and oxygen atoms in total. The van der Waals surface area contributed by atoms with Gasteiger partial charge in [-0.05, 0) is 52.6 Å². The lowest BCUT2D eigenvalue weighted by atomic mass is 9.99. The minimum Gasteiger partial charge on any atom is -0.0622 e. The van der Waals surface area contributed by atoms with E-state index in [1.807, 2.05) is 0 Å². The van der Waals surface area contributed by atoms with Gasteiger partial charge in [0, 0.05) is 0 Å². The maximum atomic E-state index is 2.39. The van der Waals surface area contributed by atoms with Crippen LogP contribution < -0.4 is 10.6 Å². The third kappa shape index (κ3) is 3.62. The summed E-state index contributed by atoms with van der Waals surface area (Å²) >= 11 is 0. The molecule has 4 aromatic rings. The van der Waals surface area contributed by atoms with Crippen molar-refractivity contribution in [2.75, 3.05) is 6.66 Å². The third-order valence-corrected chi connectivity index (χ3v) is 7.14. The zero-order valence-electron chi connectivity index (χ0n) is 14.9. The van der Waals surface area contributed by atoms with Crippen LogP contribution in [0.2, 0.25) is 0 Å². The van der Waals surface area contributed by atoms with Crippen molar-refractivity contribution in [1.82, 2.24) is 0 Å². The monoisotopic (exact) mass is 353 g/mol. The van der Waals surface area contributed by atoms with Crippen molar-refractivity contribution >= 4 is 18.5 Å². The Balaban J connectivity index is 1.86. The van der Waals surface area contributed by atoms with Crippen molar-refractivity contribution in [3.63, 3.8) is 0 Å². The molecule has 1 unspecified atom stereocenters. The lowest BCUT2D eigenvalue weighted by Crippen LogP contribution is -2.11. The van der Waals surface area contributed by atoms with Crippen LogP contribution in [0.15, 0.2) is 109 Å². The highest BCUT2D eigenvalue weighted by molar-refractivity contribution is 7.72. The number of hydrogen-bond donors (Lipinski definition) is 0. The number of benzene rings is 4. The van der Waals surface area contributed by atoms with Gasteiger partial charge in [-0.2, -0.15) is 0 Å². The summed E-state index contributed by atoms with van der Waals surface area (Å²) in [5.74, 6) is 0. The predicted molar refractivity (Wildman–Crippen MR) is 117 cm³/mol. The molecule has 0 heterocycles. The summed E-state index contributed by atoms with van der Waals surface area (Å²) < 4.78 is 0. The average molecular weight is 353 g/mol. The Morgan fingerprint density at radius 2 is 0.846 bits per heavy atom. The first-order chi connectivity index (χ1) is 12.8. The van der Waals surface area contributed by atoms with Crippen molar-refractivity contribution in [3.8, 4) is 22.3 Å². The fourth-order valence-corrected chi connectivity index (χ4v) is 5.06. The summed E-state index contributed by atoms with van der Waals surface area (Å²) in [6, 6.07) is 39.3. The van der Waals surface area contributed by atoms with Gasteiger partial charge >= 0.3 is 0 Å². The van der Waals surface area contributed by atoms with Gasteiger partial charge in [0.25, 0.3) is 0 Å². The largest absolute Gasteiger partial charge is 0.0976 e. The topological polar surface area (TPSA) is 0 Å². The molecule has 126 valence electrons. The van der Waals surface area contributed by atoms with Crippen LogP contribution in [-0.4, -0.2) is 6.66 Å². The van der Waals surface area contributed by atoms with E-state index in [1.165, 1.54) is 32.9 Å². The van der Waals surface area contributed by atoms with Gasteiger partial charge < -0.3 is 0 Å². The summed E-state index contributed by atoms with van der Waals surface area (Å²) in [5.41, 5.74) is 5.13. The maximum Gasteiger partial charge on any atom is 0.0976 e. The van der Waals surface area contributed by atoms with Crippen LogP contribution in [0.5, 0.6) is 0 Å². The van der Waals surface area contributed by atoms with Crippen LogP contribution in [0.3, 0.4) is 0 Å². The molecule has 0 aliphatic rings. The molecule has 0 fully saturated rings. The first kappa shape index (κ1) is 16.8. The molecule has 0 amide bonds. The lowest BCUT2D eigenvalue weighted by Gasteiger charge is -2.11. The van der Waals surface area contributed by atoms with Gasteiger partial charge in [0.2, 0.25) is 0 Å². The van der Waals surface area contributed by atoms with Gasteiger partial charge in [-0.3, -0.25) is 0 Å². The van der Waals surface area contributed by atoms with E-state index in [9.17, 15) is 0 Å². The average Bonchev–Trinajstić information content (AvgIpc) is 2.75. The molecule has 26 heavy (non-hydrogen) atoms. The summed E-state index contributed by atoms with van der Waals surface area (Å²) in [6.07, 6.45) is 0. The van der Waals surface area contributed by atoms with E-state index in [4.69, 9.17) is 0 Å². The Kier molecular flexibility index (Phi) is 4.95. The molecule has 0 aliphatic heterocycles. The number of hydrogen-bond acceptors (Lipinski definition) is 0. The molecule has 0 radical (unpaired) electrons. The van der Waals surface area contributed by atoms with Gasteiger partial charge in [-0.15, -0.1) is 0 Å². The van der Waals surface area contributed by atoms with Gasteiger partial charge in [0.1, 0.15) is 0 Å².